The fourth-order valence-corrected chi connectivity index (χ4v) is 2.27. The zero-order chi connectivity index (χ0) is 17.9. The molecule has 0 saturated carbocycles. The minimum absolute atomic E-state index is 0.137. The maximum Gasteiger partial charge on any atom is 0.261 e. The molecule has 1 atom stereocenters. The summed E-state index contributed by atoms with van der Waals surface area (Å²) < 4.78 is 16.4. The van der Waals surface area contributed by atoms with Gasteiger partial charge < -0.3 is 19.5 Å². The number of carbonyl (C=O) groups excluding carboxylic acids is 1. The van der Waals surface area contributed by atoms with Gasteiger partial charge in [0, 0.05) is 6.54 Å². The molecule has 0 spiro atoms. The molecule has 5 heteroatoms. The Morgan fingerprint density at radius 1 is 1.04 bits per heavy atom. The average molecular weight is 343 g/mol. The number of methoxy groups -OCH3 is 1. The predicted octanol–water partition coefficient (Wildman–Crippen LogP) is 3.19. The van der Waals surface area contributed by atoms with Crippen LogP contribution in [0.5, 0.6) is 11.5 Å². The smallest absolute Gasteiger partial charge is 0.261 e. The summed E-state index contributed by atoms with van der Waals surface area (Å²) in [6.45, 7) is 3.36. The third kappa shape index (κ3) is 6.47. The van der Waals surface area contributed by atoms with Gasteiger partial charge in [-0.25, -0.2) is 0 Å². The molecule has 2 aromatic carbocycles. The molecule has 0 saturated heterocycles. The van der Waals surface area contributed by atoms with Crippen LogP contribution < -0.4 is 14.8 Å². The number of benzene rings is 2. The van der Waals surface area contributed by atoms with Crippen molar-refractivity contribution in [3.8, 4) is 11.5 Å². The van der Waals surface area contributed by atoms with E-state index in [2.05, 4.69) is 5.32 Å². The van der Waals surface area contributed by atoms with Gasteiger partial charge in [-0.05, 0) is 36.2 Å². The lowest BCUT2D eigenvalue weighted by molar-refractivity contribution is -0.128. The van der Waals surface area contributed by atoms with Crippen LogP contribution in [0.25, 0.3) is 0 Å². The molecular weight excluding hydrogens is 318 g/mol. The highest BCUT2D eigenvalue weighted by atomic mass is 16.5. The van der Waals surface area contributed by atoms with E-state index in [-0.39, 0.29) is 5.91 Å². The van der Waals surface area contributed by atoms with Crippen LogP contribution in [-0.2, 0) is 16.1 Å². The summed E-state index contributed by atoms with van der Waals surface area (Å²) in [5.41, 5.74) is 1.11. The first-order chi connectivity index (χ1) is 12.2. The van der Waals surface area contributed by atoms with Crippen LogP contribution >= 0.6 is 0 Å². The maximum absolute atomic E-state index is 12.2. The van der Waals surface area contributed by atoms with Crippen LogP contribution in [0, 0.1) is 0 Å². The SMILES string of the molecule is CC[C@H](Oc1ccc(OC)cc1)C(=O)NCCOCc1ccccc1. The lowest BCUT2D eigenvalue weighted by Gasteiger charge is -2.17. The molecule has 0 aliphatic rings. The molecule has 0 aliphatic heterocycles. The van der Waals surface area contributed by atoms with Gasteiger partial charge in [-0.3, -0.25) is 4.79 Å². The maximum atomic E-state index is 12.2. The second-order valence-electron chi connectivity index (χ2n) is 5.52. The predicted molar refractivity (Wildman–Crippen MR) is 96.8 cm³/mol. The van der Waals surface area contributed by atoms with Crippen molar-refractivity contribution >= 4 is 5.91 Å². The van der Waals surface area contributed by atoms with Gasteiger partial charge in [-0.1, -0.05) is 37.3 Å². The van der Waals surface area contributed by atoms with E-state index >= 15 is 0 Å². The molecule has 0 unspecified atom stereocenters. The summed E-state index contributed by atoms with van der Waals surface area (Å²) >= 11 is 0. The number of amides is 1. The Bertz CT molecular complexity index is 628. The zero-order valence-electron chi connectivity index (χ0n) is 14.7. The van der Waals surface area contributed by atoms with Gasteiger partial charge in [0.25, 0.3) is 5.91 Å². The van der Waals surface area contributed by atoms with Crippen molar-refractivity contribution in [1.82, 2.24) is 5.32 Å². The fraction of sp³-hybridized carbons (Fsp3) is 0.350. The first-order valence-corrected chi connectivity index (χ1v) is 8.43. The van der Waals surface area contributed by atoms with Crippen molar-refractivity contribution in [1.29, 1.82) is 0 Å². The lowest BCUT2D eigenvalue weighted by atomic mass is 10.2. The Morgan fingerprint density at radius 2 is 1.72 bits per heavy atom. The highest BCUT2D eigenvalue weighted by Gasteiger charge is 2.17. The first-order valence-electron chi connectivity index (χ1n) is 8.43. The summed E-state index contributed by atoms with van der Waals surface area (Å²) in [5.74, 6) is 1.25. The van der Waals surface area contributed by atoms with Crippen LogP contribution in [0.1, 0.15) is 18.9 Å². The van der Waals surface area contributed by atoms with Crippen LogP contribution in [0.3, 0.4) is 0 Å². The molecule has 2 rings (SSSR count). The third-order valence-electron chi connectivity index (χ3n) is 3.66. The standard InChI is InChI=1S/C20H25NO4/c1-3-19(25-18-11-9-17(23-2)10-12-18)20(22)21-13-14-24-15-16-7-5-4-6-8-16/h4-12,19H,3,13-15H2,1-2H3,(H,21,22)/t19-/m0/s1. The van der Waals surface area contributed by atoms with E-state index in [4.69, 9.17) is 14.2 Å². The molecule has 5 nitrogen and oxygen atoms in total. The van der Waals surface area contributed by atoms with Crippen LogP contribution in [-0.4, -0.2) is 32.3 Å². The van der Waals surface area contributed by atoms with Gasteiger partial charge in [0.1, 0.15) is 11.5 Å². The minimum Gasteiger partial charge on any atom is -0.497 e. The molecule has 0 radical (unpaired) electrons. The molecule has 1 amide bonds. The van der Waals surface area contributed by atoms with Crippen molar-refractivity contribution in [2.24, 2.45) is 0 Å². The van der Waals surface area contributed by atoms with Gasteiger partial charge in [0.15, 0.2) is 6.10 Å². The number of rotatable bonds is 10. The molecule has 0 aromatic heterocycles. The molecular formula is C20H25NO4. The molecule has 0 aliphatic carbocycles. The zero-order valence-corrected chi connectivity index (χ0v) is 14.7. The number of ether oxygens (including phenoxy) is 3. The molecule has 0 heterocycles. The Kier molecular flexibility index (Phi) is 7.79. The Labute approximate surface area is 148 Å². The molecule has 0 fully saturated rings. The second-order valence-corrected chi connectivity index (χ2v) is 5.52. The van der Waals surface area contributed by atoms with Gasteiger partial charge in [-0.15, -0.1) is 0 Å². The van der Waals surface area contributed by atoms with Crippen LogP contribution in [0.2, 0.25) is 0 Å². The Balaban J connectivity index is 1.70. The molecule has 1 N–H and O–H groups in total. The minimum atomic E-state index is -0.525. The number of hydrogen-bond acceptors (Lipinski definition) is 4. The fourth-order valence-electron chi connectivity index (χ4n) is 2.27. The van der Waals surface area contributed by atoms with Gasteiger partial charge in [0.2, 0.25) is 0 Å². The average Bonchev–Trinajstić information content (AvgIpc) is 2.67. The topological polar surface area (TPSA) is 56.8 Å². The van der Waals surface area contributed by atoms with E-state index in [0.717, 1.165) is 11.3 Å². The normalized spacial score (nSPS) is 11.6. The van der Waals surface area contributed by atoms with Crippen molar-refractivity contribution in [2.75, 3.05) is 20.3 Å². The van der Waals surface area contributed by atoms with Crippen molar-refractivity contribution < 1.29 is 19.0 Å². The van der Waals surface area contributed by atoms with Crippen LogP contribution in [0.4, 0.5) is 0 Å². The summed E-state index contributed by atoms with van der Waals surface area (Å²) in [5, 5.41) is 2.85. The van der Waals surface area contributed by atoms with Gasteiger partial charge in [-0.2, -0.15) is 0 Å². The number of nitrogens with one attached hydrogen (secondary N) is 1. The van der Waals surface area contributed by atoms with E-state index < -0.39 is 6.10 Å². The van der Waals surface area contributed by atoms with E-state index in [1.807, 2.05) is 37.3 Å². The highest BCUT2D eigenvalue weighted by Crippen LogP contribution is 2.18. The molecule has 25 heavy (non-hydrogen) atoms. The van der Waals surface area contributed by atoms with Crippen molar-refractivity contribution in [2.45, 2.75) is 26.1 Å². The Hall–Kier alpha value is -2.53. The monoisotopic (exact) mass is 343 g/mol. The molecule has 2 aromatic rings. The largest absolute Gasteiger partial charge is 0.497 e. The first kappa shape index (κ1) is 18.8. The summed E-state index contributed by atoms with van der Waals surface area (Å²) in [6.07, 6.45) is 0.0606. The van der Waals surface area contributed by atoms with E-state index in [1.165, 1.54) is 0 Å². The highest BCUT2D eigenvalue weighted by molar-refractivity contribution is 5.81. The Morgan fingerprint density at radius 3 is 2.36 bits per heavy atom. The van der Waals surface area contributed by atoms with E-state index in [0.29, 0.717) is 31.9 Å². The van der Waals surface area contributed by atoms with Crippen LogP contribution in [0.15, 0.2) is 54.6 Å². The molecule has 134 valence electrons. The summed E-state index contributed by atoms with van der Waals surface area (Å²) in [4.78, 5) is 12.2. The quantitative estimate of drug-likeness (QED) is 0.673. The van der Waals surface area contributed by atoms with Crippen molar-refractivity contribution in [3.63, 3.8) is 0 Å². The van der Waals surface area contributed by atoms with Gasteiger partial charge in [0.05, 0.1) is 20.3 Å². The second kappa shape index (κ2) is 10.4. The summed E-state index contributed by atoms with van der Waals surface area (Å²) in [7, 11) is 1.61. The summed E-state index contributed by atoms with van der Waals surface area (Å²) in [6, 6.07) is 17.1. The molecule has 0 bridgehead atoms. The lowest BCUT2D eigenvalue weighted by Crippen LogP contribution is -2.39. The van der Waals surface area contributed by atoms with Crippen molar-refractivity contribution in [3.05, 3.63) is 60.2 Å². The number of carbonyl (C=O) groups is 1. The van der Waals surface area contributed by atoms with Gasteiger partial charge >= 0.3 is 0 Å². The third-order valence-corrected chi connectivity index (χ3v) is 3.66. The van der Waals surface area contributed by atoms with E-state index in [1.54, 1.807) is 31.4 Å². The van der Waals surface area contributed by atoms with E-state index in [9.17, 15) is 4.79 Å². The number of hydrogen-bond donors (Lipinski definition) is 1.